The van der Waals surface area contributed by atoms with Gasteiger partial charge in [-0.3, -0.25) is 5.41 Å². The van der Waals surface area contributed by atoms with Crippen LogP contribution in [0.4, 0.5) is 0 Å². The molecule has 0 unspecified atom stereocenters. The minimum absolute atomic E-state index is 0.0324. The van der Waals surface area contributed by atoms with Crippen LogP contribution in [0.15, 0.2) is 11.8 Å². The largest absolute Gasteiger partial charge is 0.392 e. The van der Waals surface area contributed by atoms with Crippen molar-refractivity contribution in [2.45, 2.75) is 20.0 Å². The third kappa shape index (κ3) is 4.73. The molecule has 0 rings (SSSR count). The van der Waals surface area contributed by atoms with Crippen LogP contribution in [0.1, 0.15) is 13.8 Å². The second-order valence-electron chi connectivity index (χ2n) is 2.97. The van der Waals surface area contributed by atoms with Crippen LogP contribution in [0.2, 0.25) is 0 Å². The third-order valence-corrected chi connectivity index (χ3v) is 1.50. The summed E-state index contributed by atoms with van der Waals surface area (Å²) < 4.78 is 0. The first-order valence-electron chi connectivity index (χ1n) is 3.85. The van der Waals surface area contributed by atoms with E-state index in [4.69, 9.17) is 16.2 Å². The van der Waals surface area contributed by atoms with Crippen molar-refractivity contribution < 1.29 is 5.11 Å². The molecule has 0 amide bonds. The molecule has 1 atom stereocenters. The predicted molar refractivity (Wildman–Crippen MR) is 50.0 cm³/mol. The van der Waals surface area contributed by atoms with Gasteiger partial charge in [-0.1, -0.05) is 0 Å². The number of aliphatic hydroxyl groups excluding tert-OH is 1. The molecule has 0 heterocycles. The van der Waals surface area contributed by atoms with Gasteiger partial charge in [0.15, 0.2) is 0 Å². The van der Waals surface area contributed by atoms with Gasteiger partial charge < -0.3 is 15.7 Å². The summed E-state index contributed by atoms with van der Waals surface area (Å²) >= 11 is 0. The zero-order valence-corrected chi connectivity index (χ0v) is 7.83. The first-order chi connectivity index (χ1) is 5.43. The molecule has 0 spiro atoms. The Balaban J connectivity index is 4.09. The van der Waals surface area contributed by atoms with E-state index < -0.39 is 0 Å². The van der Waals surface area contributed by atoms with E-state index in [1.807, 2.05) is 18.9 Å². The van der Waals surface area contributed by atoms with Gasteiger partial charge in [0, 0.05) is 19.3 Å². The molecule has 70 valence electrons. The van der Waals surface area contributed by atoms with Gasteiger partial charge in [-0.25, -0.2) is 0 Å². The summed E-state index contributed by atoms with van der Waals surface area (Å²) in [6.45, 7) is 4.12. The van der Waals surface area contributed by atoms with Crippen molar-refractivity contribution >= 4 is 5.84 Å². The summed E-state index contributed by atoms with van der Waals surface area (Å²) in [5, 5.41) is 16.1. The average molecular weight is 171 g/mol. The molecule has 4 N–H and O–H groups in total. The molecule has 0 aromatic rings. The lowest BCUT2D eigenvalue weighted by atomic mass is 10.3. The number of nitrogens with one attached hydrogen (secondary N) is 1. The molecule has 0 aliphatic carbocycles. The fourth-order valence-corrected chi connectivity index (χ4v) is 0.876. The first kappa shape index (κ1) is 11.0. The molecule has 12 heavy (non-hydrogen) atoms. The molecule has 0 aromatic carbocycles. The maximum absolute atomic E-state index is 9.05. The highest BCUT2D eigenvalue weighted by atomic mass is 16.3. The molecular formula is C8H17N3O. The first-order valence-corrected chi connectivity index (χ1v) is 3.85. The van der Waals surface area contributed by atoms with Crippen molar-refractivity contribution in [3.8, 4) is 0 Å². The van der Waals surface area contributed by atoms with E-state index in [-0.39, 0.29) is 11.9 Å². The molecular weight excluding hydrogens is 154 g/mol. The summed E-state index contributed by atoms with van der Waals surface area (Å²) in [6.07, 6.45) is 1.19. The molecule has 0 aliphatic heterocycles. The average Bonchev–Trinajstić information content (AvgIpc) is 1.84. The second-order valence-corrected chi connectivity index (χ2v) is 2.97. The minimum Gasteiger partial charge on any atom is -0.392 e. The Morgan fingerprint density at radius 1 is 1.75 bits per heavy atom. The van der Waals surface area contributed by atoms with E-state index >= 15 is 0 Å². The lowest BCUT2D eigenvalue weighted by molar-refractivity contribution is 0.156. The van der Waals surface area contributed by atoms with Gasteiger partial charge >= 0.3 is 0 Å². The molecule has 0 aromatic heterocycles. The van der Waals surface area contributed by atoms with E-state index in [9.17, 15) is 0 Å². The lowest BCUT2D eigenvalue weighted by Crippen LogP contribution is -2.26. The van der Waals surface area contributed by atoms with Gasteiger partial charge in [0.1, 0.15) is 5.84 Å². The van der Waals surface area contributed by atoms with Crippen LogP contribution in [0.25, 0.3) is 0 Å². The molecule has 4 nitrogen and oxygen atoms in total. The Hall–Kier alpha value is -1.03. The molecule has 0 bridgehead atoms. The standard InChI is InChI=1S/C8H17N3O/c1-6(4-8(9)10)11(3)5-7(2)12/h4,7,12H,5H2,1-3H3,(H3,9,10)/b6-4-/t7-/m0/s1. The van der Waals surface area contributed by atoms with Crippen molar-refractivity contribution in [2.75, 3.05) is 13.6 Å². The van der Waals surface area contributed by atoms with E-state index in [1.54, 1.807) is 13.0 Å². The molecule has 0 fully saturated rings. The SMILES string of the molecule is C/C(=C/C(=N)N)N(C)C[C@H](C)O. The number of rotatable bonds is 4. The maximum Gasteiger partial charge on any atom is 0.117 e. The lowest BCUT2D eigenvalue weighted by Gasteiger charge is -2.21. The monoisotopic (exact) mass is 171 g/mol. The summed E-state index contributed by atoms with van der Waals surface area (Å²) in [4.78, 5) is 1.85. The highest BCUT2D eigenvalue weighted by Crippen LogP contribution is 2.00. The highest BCUT2D eigenvalue weighted by molar-refractivity contribution is 5.88. The second kappa shape index (κ2) is 4.77. The van der Waals surface area contributed by atoms with Crippen LogP contribution in [0.5, 0.6) is 0 Å². The normalized spacial score (nSPS) is 14.2. The van der Waals surface area contributed by atoms with Crippen LogP contribution in [0.3, 0.4) is 0 Å². The smallest absolute Gasteiger partial charge is 0.117 e. The van der Waals surface area contributed by atoms with E-state index in [0.717, 1.165) is 5.70 Å². The van der Waals surface area contributed by atoms with Gasteiger partial charge in [0.25, 0.3) is 0 Å². The van der Waals surface area contributed by atoms with Crippen LogP contribution >= 0.6 is 0 Å². The summed E-state index contributed by atoms with van der Waals surface area (Å²) in [6, 6.07) is 0. The van der Waals surface area contributed by atoms with Gasteiger partial charge in [-0.2, -0.15) is 0 Å². The molecule has 0 saturated carbocycles. The summed E-state index contributed by atoms with van der Waals surface area (Å²) in [5.74, 6) is 0.0324. The Morgan fingerprint density at radius 2 is 2.25 bits per heavy atom. The quantitative estimate of drug-likeness (QED) is 0.416. The van der Waals surface area contributed by atoms with Crippen LogP contribution in [0, 0.1) is 5.41 Å². The minimum atomic E-state index is -0.370. The van der Waals surface area contributed by atoms with E-state index in [2.05, 4.69) is 0 Å². The maximum atomic E-state index is 9.05. The molecule has 0 saturated heterocycles. The van der Waals surface area contributed by atoms with E-state index in [1.165, 1.54) is 0 Å². The molecule has 4 heteroatoms. The Labute approximate surface area is 73.2 Å². The van der Waals surface area contributed by atoms with Crippen molar-refractivity contribution in [1.29, 1.82) is 5.41 Å². The van der Waals surface area contributed by atoms with Crippen molar-refractivity contribution in [3.05, 3.63) is 11.8 Å². The van der Waals surface area contributed by atoms with Gasteiger partial charge in [-0.05, 0) is 19.9 Å². The summed E-state index contributed by atoms with van der Waals surface area (Å²) in [5.41, 5.74) is 6.06. The number of likely N-dealkylation sites (N-methyl/N-ethyl adjacent to an activating group) is 1. The Kier molecular flexibility index (Phi) is 4.36. The summed E-state index contributed by atoms with van der Waals surface area (Å²) in [7, 11) is 1.85. The Bertz CT molecular complexity index is 187. The molecule has 0 aliphatic rings. The third-order valence-electron chi connectivity index (χ3n) is 1.50. The fraction of sp³-hybridized carbons (Fsp3) is 0.625. The fourth-order valence-electron chi connectivity index (χ4n) is 0.876. The number of nitrogens with two attached hydrogens (primary N) is 1. The zero-order chi connectivity index (χ0) is 9.72. The molecule has 0 radical (unpaired) electrons. The predicted octanol–water partition coefficient (Wildman–Crippen LogP) is 0.139. The number of nitrogens with zero attached hydrogens (tertiary/aromatic N) is 1. The van der Waals surface area contributed by atoms with Crippen LogP contribution in [-0.2, 0) is 0 Å². The number of hydrogen-bond acceptors (Lipinski definition) is 3. The Morgan fingerprint density at radius 3 is 2.58 bits per heavy atom. The number of hydrogen-bond donors (Lipinski definition) is 3. The topological polar surface area (TPSA) is 73.3 Å². The number of aliphatic hydroxyl groups is 1. The van der Waals surface area contributed by atoms with Gasteiger partial charge in [-0.15, -0.1) is 0 Å². The van der Waals surface area contributed by atoms with Gasteiger partial charge in [0.05, 0.1) is 6.10 Å². The number of amidine groups is 1. The van der Waals surface area contributed by atoms with Crippen LogP contribution in [-0.4, -0.2) is 35.5 Å². The van der Waals surface area contributed by atoms with Crippen molar-refractivity contribution in [2.24, 2.45) is 5.73 Å². The van der Waals surface area contributed by atoms with Crippen molar-refractivity contribution in [1.82, 2.24) is 4.90 Å². The number of allylic oxidation sites excluding steroid dienone is 1. The van der Waals surface area contributed by atoms with Gasteiger partial charge in [0.2, 0.25) is 0 Å². The highest BCUT2D eigenvalue weighted by Gasteiger charge is 2.02. The van der Waals surface area contributed by atoms with E-state index in [0.29, 0.717) is 6.54 Å². The van der Waals surface area contributed by atoms with Crippen molar-refractivity contribution in [3.63, 3.8) is 0 Å². The zero-order valence-electron chi connectivity index (χ0n) is 7.83. The van der Waals surface area contributed by atoms with Crippen LogP contribution < -0.4 is 5.73 Å².